The molecule has 4 rings (SSSR count). The van der Waals surface area contributed by atoms with Crippen LogP contribution in [0, 0.1) is 6.92 Å². The van der Waals surface area contributed by atoms with E-state index < -0.39 is 0 Å². The molecule has 29 heavy (non-hydrogen) atoms. The van der Waals surface area contributed by atoms with Crippen LogP contribution in [0.25, 0.3) is 0 Å². The highest BCUT2D eigenvalue weighted by Crippen LogP contribution is 2.26. The Kier molecular flexibility index (Phi) is 5.29. The fourth-order valence-electron chi connectivity index (χ4n) is 3.30. The van der Waals surface area contributed by atoms with Crippen molar-refractivity contribution in [3.63, 3.8) is 0 Å². The zero-order valence-corrected chi connectivity index (χ0v) is 16.1. The van der Waals surface area contributed by atoms with Crippen LogP contribution in [-0.4, -0.2) is 28.2 Å². The zero-order chi connectivity index (χ0) is 20.2. The van der Waals surface area contributed by atoms with Gasteiger partial charge in [-0.15, -0.1) is 0 Å². The number of carbonyl (C=O) groups excluding carboxylic acids is 2. The first kappa shape index (κ1) is 18.7. The number of fused-ring (bicyclic) bond motifs is 1. The largest absolute Gasteiger partial charge is 0.484 e. The number of aromatic nitrogens is 2. The van der Waals surface area contributed by atoms with Gasteiger partial charge in [-0.3, -0.25) is 9.59 Å². The normalized spacial score (nSPS) is 12.8. The number of rotatable bonds is 6. The summed E-state index contributed by atoms with van der Waals surface area (Å²) < 4.78 is 7.41. The number of benzene rings is 2. The van der Waals surface area contributed by atoms with Crippen LogP contribution >= 0.6 is 0 Å². The van der Waals surface area contributed by atoms with Crippen molar-refractivity contribution in [1.82, 2.24) is 9.78 Å². The second kappa shape index (κ2) is 8.18. The van der Waals surface area contributed by atoms with E-state index in [9.17, 15) is 9.59 Å². The molecule has 2 aromatic carbocycles. The number of amides is 2. The third-order valence-electron chi connectivity index (χ3n) is 4.69. The lowest BCUT2D eigenvalue weighted by Crippen LogP contribution is -2.22. The number of carbonyl (C=O) groups is 2. The highest BCUT2D eigenvalue weighted by Gasteiger charge is 2.16. The summed E-state index contributed by atoms with van der Waals surface area (Å²) in [6.45, 7) is 2.35. The number of nitrogens with one attached hydrogen (secondary N) is 2. The van der Waals surface area contributed by atoms with E-state index in [2.05, 4.69) is 15.7 Å². The number of aryl methyl sites for hydroxylation is 2. The van der Waals surface area contributed by atoms with Crippen molar-refractivity contribution in [3.05, 3.63) is 71.4 Å². The summed E-state index contributed by atoms with van der Waals surface area (Å²) in [5, 5.41) is 10.2. The third kappa shape index (κ3) is 4.63. The summed E-state index contributed by atoms with van der Waals surface area (Å²) in [5.74, 6) is 0.996. The van der Waals surface area contributed by atoms with Crippen LogP contribution in [-0.2, 0) is 22.6 Å². The fraction of sp³-hybridized carbons (Fsp3) is 0.227. The molecule has 2 heterocycles. The third-order valence-corrected chi connectivity index (χ3v) is 4.69. The van der Waals surface area contributed by atoms with E-state index in [4.69, 9.17) is 4.74 Å². The monoisotopic (exact) mass is 390 g/mol. The molecule has 2 N–H and O–H groups in total. The van der Waals surface area contributed by atoms with Crippen LogP contribution in [0.15, 0.2) is 54.6 Å². The van der Waals surface area contributed by atoms with Crippen molar-refractivity contribution in [1.29, 1.82) is 0 Å². The van der Waals surface area contributed by atoms with E-state index in [0.29, 0.717) is 31.0 Å². The molecule has 3 aromatic rings. The fourth-order valence-corrected chi connectivity index (χ4v) is 3.30. The molecule has 148 valence electrons. The van der Waals surface area contributed by atoms with Crippen LogP contribution in [0.5, 0.6) is 5.75 Å². The van der Waals surface area contributed by atoms with E-state index in [0.717, 1.165) is 22.5 Å². The number of hydrogen-bond acceptors (Lipinski definition) is 4. The van der Waals surface area contributed by atoms with Crippen LogP contribution in [0.1, 0.15) is 23.2 Å². The maximum absolute atomic E-state index is 12.4. The molecular weight excluding hydrogens is 368 g/mol. The first-order valence-corrected chi connectivity index (χ1v) is 9.50. The van der Waals surface area contributed by atoms with Gasteiger partial charge in [-0.25, -0.2) is 4.68 Å². The second-order valence-electron chi connectivity index (χ2n) is 7.02. The summed E-state index contributed by atoms with van der Waals surface area (Å²) in [4.78, 5) is 23.8. The van der Waals surface area contributed by atoms with Gasteiger partial charge in [0.15, 0.2) is 6.61 Å². The van der Waals surface area contributed by atoms with Gasteiger partial charge in [-0.05, 0) is 42.7 Å². The Morgan fingerprint density at radius 2 is 2.00 bits per heavy atom. The Bertz CT molecular complexity index is 1040. The molecule has 0 bridgehead atoms. The molecule has 7 heteroatoms. The molecule has 7 nitrogen and oxygen atoms in total. The topological polar surface area (TPSA) is 85.2 Å². The van der Waals surface area contributed by atoms with Crippen molar-refractivity contribution >= 4 is 23.3 Å². The Morgan fingerprint density at radius 1 is 1.17 bits per heavy atom. The van der Waals surface area contributed by atoms with Gasteiger partial charge in [0.25, 0.3) is 5.91 Å². The van der Waals surface area contributed by atoms with Gasteiger partial charge in [-0.1, -0.05) is 30.3 Å². The highest BCUT2D eigenvalue weighted by molar-refractivity contribution is 5.94. The lowest BCUT2D eigenvalue weighted by atomic mass is 10.0. The summed E-state index contributed by atoms with van der Waals surface area (Å²) >= 11 is 0. The van der Waals surface area contributed by atoms with Gasteiger partial charge < -0.3 is 15.4 Å². The number of hydrogen-bond donors (Lipinski definition) is 2. The lowest BCUT2D eigenvalue weighted by molar-refractivity contribution is -0.118. The number of anilines is 2. The number of ether oxygens (including phenoxy) is 1. The molecule has 0 unspecified atom stereocenters. The van der Waals surface area contributed by atoms with Crippen LogP contribution < -0.4 is 15.4 Å². The average molecular weight is 390 g/mol. The maximum Gasteiger partial charge on any atom is 0.263 e. The smallest absolute Gasteiger partial charge is 0.263 e. The highest BCUT2D eigenvalue weighted by atomic mass is 16.5. The van der Waals surface area contributed by atoms with Gasteiger partial charge in [0.2, 0.25) is 5.91 Å². The van der Waals surface area contributed by atoms with Crippen molar-refractivity contribution in [3.8, 4) is 5.75 Å². The molecule has 0 saturated heterocycles. The summed E-state index contributed by atoms with van der Waals surface area (Å²) in [5.41, 5.74) is 3.75. The van der Waals surface area contributed by atoms with E-state index >= 15 is 0 Å². The molecule has 1 aromatic heterocycles. The SMILES string of the molecule is Cc1cc(NC(=O)COc2ccc3c(c2)CCC(=O)N3)n(Cc2ccccc2)n1. The minimum absolute atomic E-state index is 0.0213. The molecular formula is C22H22N4O3. The van der Waals surface area contributed by atoms with E-state index in [1.807, 2.05) is 49.4 Å². The Balaban J connectivity index is 1.37. The molecule has 0 saturated carbocycles. The maximum atomic E-state index is 12.4. The molecule has 0 atom stereocenters. The molecule has 0 spiro atoms. The van der Waals surface area contributed by atoms with Crippen LogP contribution in [0.4, 0.5) is 11.5 Å². The Hall–Kier alpha value is -3.61. The minimum atomic E-state index is -0.259. The Morgan fingerprint density at radius 3 is 2.83 bits per heavy atom. The zero-order valence-electron chi connectivity index (χ0n) is 16.1. The summed E-state index contributed by atoms with van der Waals surface area (Å²) in [6.07, 6.45) is 1.13. The molecule has 0 radical (unpaired) electrons. The summed E-state index contributed by atoms with van der Waals surface area (Å²) in [7, 11) is 0. The minimum Gasteiger partial charge on any atom is -0.484 e. The van der Waals surface area contributed by atoms with E-state index in [-0.39, 0.29) is 18.4 Å². The molecule has 0 fully saturated rings. The van der Waals surface area contributed by atoms with Gasteiger partial charge >= 0.3 is 0 Å². The van der Waals surface area contributed by atoms with Crippen molar-refractivity contribution in [2.75, 3.05) is 17.2 Å². The van der Waals surface area contributed by atoms with Gasteiger partial charge in [0, 0.05) is 18.2 Å². The molecule has 1 aliphatic heterocycles. The standard InChI is InChI=1S/C22H22N4O3/c1-15-11-20(26(25-15)13-16-5-3-2-4-6-16)24-22(28)14-29-18-8-9-19-17(12-18)7-10-21(27)23-19/h2-6,8-9,11-12H,7,10,13-14H2,1H3,(H,23,27)(H,24,28). The first-order chi connectivity index (χ1) is 14.1. The predicted octanol–water partition coefficient (Wildman–Crippen LogP) is 3.14. The van der Waals surface area contributed by atoms with Crippen molar-refractivity contribution in [2.45, 2.75) is 26.3 Å². The van der Waals surface area contributed by atoms with Gasteiger partial charge in [-0.2, -0.15) is 5.10 Å². The Labute approximate surface area is 168 Å². The van der Waals surface area contributed by atoms with Crippen molar-refractivity contribution in [2.24, 2.45) is 0 Å². The molecule has 0 aliphatic carbocycles. The number of nitrogens with zero attached hydrogens (tertiary/aromatic N) is 2. The predicted molar refractivity (Wildman–Crippen MR) is 110 cm³/mol. The van der Waals surface area contributed by atoms with Crippen LogP contribution in [0.2, 0.25) is 0 Å². The second-order valence-corrected chi connectivity index (χ2v) is 7.02. The summed E-state index contributed by atoms with van der Waals surface area (Å²) in [6, 6.07) is 17.2. The van der Waals surface area contributed by atoms with Crippen LogP contribution in [0.3, 0.4) is 0 Å². The molecule has 1 aliphatic rings. The average Bonchev–Trinajstić information content (AvgIpc) is 3.05. The van der Waals surface area contributed by atoms with E-state index in [1.54, 1.807) is 16.8 Å². The quantitative estimate of drug-likeness (QED) is 0.677. The van der Waals surface area contributed by atoms with Crippen molar-refractivity contribution < 1.29 is 14.3 Å². The molecule has 2 amide bonds. The van der Waals surface area contributed by atoms with Gasteiger partial charge in [0.05, 0.1) is 12.2 Å². The lowest BCUT2D eigenvalue weighted by Gasteiger charge is -2.17. The first-order valence-electron chi connectivity index (χ1n) is 9.50. The van der Waals surface area contributed by atoms with E-state index in [1.165, 1.54) is 0 Å². The van der Waals surface area contributed by atoms with Gasteiger partial charge in [0.1, 0.15) is 11.6 Å².